The third-order valence-corrected chi connectivity index (χ3v) is 12.0. The molecule has 12 nitrogen and oxygen atoms in total. The summed E-state index contributed by atoms with van der Waals surface area (Å²) in [5.41, 5.74) is 3.16. The largest absolute Gasteiger partial charge is 0.459 e. The number of hydrogen-bond acceptors (Lipinski definition) is 8. The number of rotatable bonds is 5. The van der Waals surface area contributed by atoms with Crippen molar-refractivity contribution in [2.24, 2.45) is 5.92 Å². The number of carbonyl (C=O) groups excluding carboxylic acids is 3. The molecule has 1 unspecified atom stereocenters. The van der Waals surface area contributed by atoms with Crippen molar-refractivity contribution in [3.63, 3.8) is 0 Å². The van der Waals surface area contributed by atoms with E-state index < -0.39 is 22.8 Å². The predicted molar refractivity (Wildman–Crippen MR) is 178 cm³/mol. The molecule has 3 N–H and O–H groups in total. The maximum absolute atomic E-state index is 13.8. The number of amides is 3. The van der Waals surface area contributed by atoms with E-state index in [9.17, 15) is 24.4 Å². The highest BCUT2D eigenvalue weighted by Crippen LogP contribution is 2.55. The lowest BCUT2D eigenvalue weighted by Gasteiger charge is -2.52. The molecule has 2 aliphatic heterocycles. The lowest BCUT2D eigenvalue weighted by atomic mass is 9.60. The molecule has 1 saturated heterocycles. The number of nitriles is 1. The zero-order valence-corrected chi connectivity index (χ0v) is 27.9. The minimum absolute atomic E-state index is 0.0586. The highest BCUT2D eigenvalue weighted by atomic mass is 16.5. The summed E-state index contributed by atoms with van der Waals surface area (Å²) < 4.78 is 7.86. The van der Waals surface area contributed by atoms with Crippen LogP contribution >= 0.6 is 0 Å². The van der Waals surface area contributed by atoms with Crippen LogP contribution in [0.3, 0.4) is 0 Å². The van der Waals surface area contributed by atoms with Crippen molar-refractivity contribution in [2.75, 3.05) is 20.6 Å². The third-order valence-electron chi connectivity index (χ3n) is 12.0. The molecule has 3 aliphatic carbocycles. The summed E-state index contributed by atoms with van der Waals surface area (Å²) in [4.78, 5) is 59.2. The molecule has 1 aromatic heterocycles. The standard InChI is InChI=1S/C37H41N7O5/c1-39-32(46)23-8-10-27-21(14-23)6-7-22-15-24(33(47)40-2)9-11-28(22)37(27)18-30(41-20-31(45)43-26(19-38)16-25-17-29(25)43)36(12-4-3-5-13-36)44-34(37)42-35(48)49-44/h8-11,14-15,25-26,29-30,41H,3-7,12-13,16-18,20H2,1-2H3,(H,39,46)(H,40,47)/t25-,26?,29+,30+/m1/s1. The van der Waals surface area contributed by atoms with Crippen molar-refractivity contribution in [1.82, 2.24) is 30.6 Å². The number of nitrogens with zero attached hydrogens (tertiary/aromatic N) is 4. The number of aromatic nitrogens is 2. The molecule has 3 amide bonds. The topological polar surface area (TPSA) is 162 Å². The van der Waals surface area contributed by atoms with E-state index in [0.29, 0.717) is 42.1 Å². The normalized spacial score (nSPS) is 25.3. The Morgan fingerprint density at radius 3 is 2.18 bits per heavy atom. The van der Waals surface area contributed by atoms with E-state index in [1.807, 2.05) is 36.4 Å². The number of likely N-dealkylation sites (tertiary alicyclic amines) is 1. The Morgan fingerprint density at radius 1 is 0.959 bits per heavy atom. The number of hydrogen-bond donors (Lipinski definition) is 3. The van der Waals surface area contributed by atoms with Gasteiger partial charge in [0.1, 0.15) is 6.04 Å². The summed E-state index contributed by atoms with van der Waals surface area (Å²) in [6.45, 7) is 0.0586. The molecule has 4 atom stereocenters. The van der Waals surface area contributed by atoms with Crippen LogP contribution in [0.15, 0.2) is 45.7 Å². The summed E-state index contributed by atoms with van der Waals surface area (Å²) in [6, 6.07) is 13.2. The van der Waals surface area contributed by atoms with Gasteiger partial charge in [0, 0.05) is 37.3 Å². The van der Waals surface area contributed by atoms with E-state index in [4.69, 9.17) is 4.52 Å². The van der Waals surface area contributed by atoms with Gasteiger partial charge in [-0.25, -0.2) is 4.79 Å². The van der Waals surface area contributed by atoms with Gasteiger partial charge in [0.05, 0.1) is 23.6 Å². The van der Waals surface area contributed by atoms with Crippen LogP contribution in [0, 0.1) is 17.2 Å². The van der Waals surface area contributed by atoms with Gasteiger partial charge in [-0.15, -0.1) is 0 Å². The summed E-state index contributed by atoms with van der Waals surface area (Å²) in [5, 5.41) is 18.9. The quantitative estimate of drug-likeness (QED) is 0.375. The molecule has 8 rings (SSSR count). The molecular weight excluding hydrogens is 622 g/mol. The van der Waals surface area contributed by atoms with E-state index in [1.54, 1.807) is 23.7 Å². The van der Waals surface area contributed by atoms with Crippen LogP contribution in [-0.2, 0) is 28.6 Å². The Kier molecular flexibility index (Phi) is 7.52. The van der Waals surface area contributed by atoms with Crippen molar-refractivity contribution >= 4 is 17.7 Å². The fourth-order valence-electron chi connectivity index (χ4n) is 9.66. The maximum atomic E-state index is 13.8. The van der Waals surface area contributed by atoms with E-state index >= 15 is 0 Å². The molecule has 2 saturated carbocycles. The number of benzene rings is 2. The molecule has 5 aliphatic rings. The fourth-order valence-corrected chi connectivity index (χ4v) is 9.66. The second kappa shape index (κ2) is 11.7. The summed E-state index contributed by atoms with van der Waals surface area (Å²) in [6.07, 6.45) is 7.79. The number of fused-ring (bicyclic) bond motifs is 8. The van der Waals surface area contributed by atoms with Crippen molar-refractivity contribution in [3.8, 4) is 6.07 Å². The second-order valence-electron chi connectivity index (χ2n) is 14.4. The van der Waals surface area contributed by atoms with Gasteiger partial charge >= 0.3 is 5.76 Å². The zero-order valence-electron chi connectivity index (χ0n) is 27.9. The van der Waals surface area contributed by atoms with Crippen LogP contribution in [0.2, 0.25) is 0 Å². The first kappa shape index (κ1) is 31.5. The summed E-state index contributed by atoms with van der Waals surface area (Å²) >= 11 is 0. The monoisotopic (exact) mass is 663 g/mol. The number of aryl methyl sites for hydroxylation is 2. The molecule has 12 heteroatoms. The number of carbonyl (C=O) groups is 3. The Balaban J connectivity index is 1.31. The molecular formula is C37H41N7O5. The van der Waals surface area contributed by atoms with Gasteiger partial charge in [-0.05, 0) is 97.4 Å². The average molecular weight is 664 g/mol. The third kappa shape index (κ3) is 4.76. The van der Waals surface area contributed by atoms with E-state index in [1.165, 1.54) is 0 Å². The number of piperidine rings is 1. The van der Waals surface area contributed by atoms with E-state index in [2.05, 4.69) is 27.0 Å². The van der Waals surface area contributed by atoms with Gasteiger partial charge in [0.2, 0.25) is 5.91 Å². The Labute approximate surface area is 284 Å². The van der Waals surface area contributed by atoms with Crippen molar-refractivity contribution in [2.45, 2.75) is 93.3 Å². The van der Waals surface area contributed by atoms with Crippen LogP contribution in [-0.4, -0.2) is 71.1 Å². The Bertz CT molecular complexity index is 1900. The molecule has 2 spiro atoms. The van der Waals surface area contributed by atoms with Crippen molar-refractivity contribution < 1.29 is 18.9 Å². The lowest BCUT2D eigenvalue weighted by molar-refractivity contribution is -0.131. The first-order valence-corrected chi connectivity index (χ1v) is 17.5. The van der Waals surface area contributed by atoms with Crippen molar-refractivity contribution in [1.29, 1.82) is 5.26 Å². The smallest absolute Gasteiger partial charge is 0.355 e. The second-order valence-corrected chi connectivity index (χ2v) is 14.4. The van der Waals surface area contributed by atoms with Crippen LogP contribution in [0.1, 0.15) is 100 Å². The van der Waals surface area contributed by atoms with Crippen LogP contribution in [0.5, 0.6) is 0 Å². The molecule has 49 heavy (non-hydrogen) atoms. The Morgan fingerprint density at radius 2 is 1.59 bits per heavy atom. The highest BCUT2D eigenvalue weighted by molar-refractivity contribution is 5.95. The van der Waals surface area contributed by atoms with Crippen LogP contribution < -0.4 is 21.7 Å². The van der Waals surface area contributed by atoms with Gasteiger partial charge in [0.15, 0.2) is 5.82 Å². The average Bonchev–Trinajstić information content (AvgIpc) is 3.65. The van der Waals surface area contributed by atoms with Gasteiger partial charge in [-0.1, -0.05) is 31.4 Å². The highest BCUT2D eigenvalue weighted by Gasteiger charge is 2.59. The maximum Gasteiger partial charge on any atom is 0.459 e. The van der Waals surface area contributed by atoms with Crippen LogP contribution in [0.25, 0.3) is 0 Å². The fraction of sp³-hybridized carbons (Fsp3) is 0.514. The first-order chi connectivity index (χ1) is 23.7. The molecule has 3 heterocycles. The molecule has 0 radical (unpaired) electrons. The van der Waals surface area contributed by atoms with Crippen LogP contribution in [0.4, 0.5) is 0 Å². The van der Waals surface area contributed by atoms with Gasteiger partial charge in [-0.3, -0.25) is 14.4 Å². The summed E-state index contributed by atoms with van der Waals surface area (Å²) in [5.74, 6) is -0.229. The molecule has 0 bridgehead atoms. The van der Waals surface area contributed by atoms with E-state index in [-0.39, 0.29) is 36.3 Å². The minimum Gasteiger partial charge on any atom is -0.355 e. The molecule has 3 fully saturated rings. The first-order valence-electron chi connectivity index (χ1n) is 17.5. The minimum atomic E-state index is -0.996. The lowest BCUT2D eigenvalue weighted by Crippen LogP contribution is -2.62. The van der Waals surface area contributed by atoms with Gasteiger partial charge < -0.3 is 25.4 Å². The molecule has 254 valence electrons. The predicted octanol–water partition coefficient (Wildman–Crippen LogP) is 2.52. The van der Waals surface area contributed by atoms with Crippen molar-refractivity contribution in [3.05, 3.63) is 86.2 Å². The van der Waals surface area contributed by atoms with Gasteiger partial charge in [0.25, 0.3) is 11.8 Å². The Hall–Kier alpha value is -4.76. The molecule has 3 aromatic rings. The SMILES string of the molecule is CNC(=O)c1ccc2c(c1)CCc1cc(C(=O)NC)ccc1C21C[C@H](NCC(=O)N2C(C#N)C[C@@H]3C[C@@H]32)C2(CCCCC2)n2oc(=O)nc21. The van der Waals surface area contributed by atoms with Gasteiger partial charge in [-0.2, -0.15) is 15.0 Å². The molecule has 2 aromatic carbocycles. The zero-order chi connectivity index (χ0) is 34.1. The number of nitrogens with one attached hydrogen (secondary N) is 3. The summed E-state index contributed by atoms with van der Waals surface area (Å²) in [7, 11) is 3.21. The van der Waals surface area contributed by atoms with E-state index in [0.717, 1.165) is 67.2 Å².